The summed E-state index contributed by atoms with van der Waals surface area (Å²) in [4.78, 5) is 4.69. The summed E-state index contributed by atoms with van der Waals surface area (Å²) in [5, 5.41) is 8.75. The monoisotopic (exact) mass is 364 g/mol. The van der Waals surface area contributed by atoms with E-state index in [1.807, 2.05) is 29.6 Å². The van der Waals surface area contributed by atoms with Gasteiger partial charge in [0.25, 0.3) is 0 Å². The third kappa shape index (κ3) is 3.97. The van der Waals surface area contributed by atoms with E-state index >= 15 is 0 Å². The molecular weight excluding hydrogens is 352 g/mol. The highest BCUT2D eigenvalue weighted by Crippen LogP contribution is 2.24. The summed E-state index contributed by atoms with van der Waals surface area (Å²) in [6.07, 6.45) is 0.733. The Kier molecular flexibility index (Phi) is 4.50. The number of nitrogens with two attached hydrogens (primary N) is 1. The summed E-state index contributed by atoms with van der Waals surface area (Å²) < 4.78 is 22.5. The lowest BCUT2D eigenvalue weighted by molar-refractivity contribution is 0.598. The zero-order valence-corrected chi connectivity index (χ0v) is 14.3. The maximum absolute atomic E-state index is 11.3. The number of thiazole rings is 1. The molecule has 0 unspecified atom stereocenters. The van der Waals surface area contributed by atoms with Crippen molar-refractivity contribution in [1.82, 2.24) is 4.98 Å². The second kappa shape index (κ2) is 6.41. The lowest BCUT2D eigenvalue weighted by Gasteiger charge is -2.00. The van der Waals surface area contributed by atoms with Gasteiger partial charge in [-0.05, 0) is 29.8 Å². The van der Waals surface area contributed by atoms with Crippen LogP contribution in [0.2, 0.25) is 5.02 Å². The zero-order valence-electron chi connectivity index (χ0n) is 11.9. The summed E-state index contributed by atoms with van der Waals surface area (Å²) in [5.41, 5.74) is 2.82. The highest BCUT2D eigenvalue weighted by Gasteiger charge is 2.09. The molecule has 2 aromatic carbocycles. The van der Waals surface area contributed by atoms with Crippen molar-refractivity contribution in [2.24, 2.45) is 5.14 Å². The Labute approximate surface area is 143 Å². The minimum absolute atomic E-state index is 0.0952. The van der Waals surface area contributed by atoms with E-state index in [-0.39, 0.29) is 4.90 Å². The maximum atomic E-state index is 11.3. The van der Waals surface area contributed by atoms with E-state index in [9.17, 15) is 8.42 Å². The molecule has 2 N–H and O–H groups in total. The molecule has 0 spiro atoms. The molecule has 0 aliphatic rings. The molecule has 4 nitrogen and oxygen atoms in total. The quantitative estimate of drug-likeness (QED) is 0.767. The largest absolute Gasteiger partial charge is 0.241 e. The van der Waals surface area contributed by atoms with Crippen molar-refractivity contribution in [1.29, 1.82) is 0 Å². The number of primary sulfonamides is 1. The Morgan fingerprint density at radius 1 is 1.04 bits per heavy atom. The molecule has 3 rings (SSSR count). The Balaban J connectivity index is 1.80. The van der Waals surface area contributed by atoms with Gasteiger partial charge in [-0.25, -0.2) is 18.5 Å². The molecule has 1 aromatic heterocycles. The van der Waals surface area contributed by atoms with E-state index in [0.717, 1.165) is 28.2 Å². The third-order valence-corrected chi connectivity index (χ3v) is 5.33. The first-order chi connectivity index (χ1) is 10.9. The summed E-state index contributed by atoms with van der Waals surface area (Å²) in [7, 11) is -3.67. The van der Waals surface area contributed by atoms with Crippen LogP contribution < -0.4 is 5.14 Å². The number of benzene rings is 2. The second-order valence-electron chi connectivity index (χ2n) is 5.00. The minimum Gasteiger partial charge on any atom is -0.241 e. The van der Waals surface area contributed by atoms with Crippen molar-refractivity contribution in [2.75, 3.05) is 0 Å². The number of sulfonamides is 1. The summed E-state index contributed by atoms with van der Waals surface area (Å²) in [6, 6.07) is 14.1. The van der Waals surface area contributed by atoms with Gasteiger partial charge < -0.3 is 0 Å². The van der Waals surface area contributed by atoms with Gasteiger partial charge in [-0.1, -0.05) is 35.9 Å². The van der Waals surface area contributed by atoms with E-state index < -0.39 is 10.0 Å². The van der Waals surface area contributed by atoms with Crippen LogP contribution in [0.3, 0.4) is 0 Å². The Hall–Kier alpha value is -1.73. The highest BCUT2D eigenvalue weighted by molar-refractivity contribution is 7.89. The van der Waals surface area contributed by atoms with E-state index in [1.165, 1.54) is 12.1 Å². The van der Waals surface area contributed by atoms with Crippen molar-refractivity contribution in [3.63, 3.8) is 0 Å². The fourth-order valence-corrected chi connectivity index (χ4v) is 3.60. The van der Waals surface area contributed by atoms with Crippen LogP contribution >= 0.6 is 22.9 Å². The Bertz CT molecular complexity index is 917. The molecule has 0 saturated carbocycles. The molecule has 23 heavy (non-hydrogen) atoms. The van der Waals surface area contributed by atoms with Gasteiger partial charge in [-0.2, -0.15) is 0 Å². The molecule has 0 fully saturated rings. The van der Waals surface area contributed by atoms with E-state index in [2.05, 4.69) is 4.98 Å². The van der Waals surface area contributed by atoms with Gasteiger partial charge in [0.05, 0.1) is 15.6 Å². The van der Waals surface area contributed by atoms with Crippen LogP contribution in [0.4, 0.5) is 0 Å². The van der Waals surface area contributed by atoms with Crippen LogP contribution in [0, 0.1) is 0 Å². The van der Waals surface area contributed by atoms with Crippen molar-refractivity contribution >= 4 is 33.0 Å². The first-order valence-corrected chi connectivity index (χ1v) is 9.54. The van der Waals surface area contributed by atoms with E-state index in [4.69, 9.17) is 16.7 Å². The maximum Gasteiger partial charge on any atom is 0.238 e. The fourth-order valence-electron chi connectivity index (χ4n) is 2.12. The fraction of sp³-hybridized carbons (Fsp3) is 0.0625. The molecule has 0 atom stereocenters. The molecule has 0 radical (unpaired) electrons. The van der Waals surface area contributed by atoms with Gasteiger partial charge in [0.1, 0.15) is 0 Å². The number of hydrogen-bond donors (Lipinski definition) is 1. The molecule has 118 valence electrons. The summed E-state index contributed by atoms with van der Waals surface area (Å²) in [6.45, 7) is 0. The van der Waals surface area contributed by atoms with Crippen LogP contribution in [0.1, 0.15) is 10.6 Å². The van der Waals surface area contributed by atoms with Crippen molar-refractivity contribution < 1.29 is 8.42 Å². The topological polar surface area (TPSA) is 73.1 Å². The summed E-state index contributed by atoms with van der Waals surface area (Å²) in [5.74, 6) is 0. The minimum atomic E-state index is -3.67. The smallest absolute Gasteiger partial charge is 0.238 e. The molecule has 0 aliphatic carbocycles. The number of hydrogen-bond acceptors (Lipinski definition) is 4. The Morgan fingerprint density at radius 2 is 1.70 bits per heavy atom. The molecular formula is C16H13ClN2O2S2. The average molecular weight is 365 g/mol. The van der Waals surface area contributed by atoms with Gasteiger partial charge in [0.15, 0.2) is 0 Å². The number of nitrogens with zero attached hydrogens (tertiary/aromatic N) is 1. The predicted molar refractivity (Wildman–Crippen MR) is 93.2 cm³/mol. The molecule has 0 bridgehead atoms. The van der Waals surface area contributed by atoms with Crippen molar-refractivity contribution in [2.45, 2.75) is 11.3 Å². The number of aromatic nitrogens is 1. The van der Waals surface area contributed by atoms with Gasteiger partial charge in [0.2, 0.25) is 10.0 Å². The van der Waals surface area contributed by atoms with Crippen LogP contribution in [0.5, 0.6) is 0 Å². The van der Waals surface area contributed by atoms with Crippen LogP contribution in [0.15, 0.2) is 58.8 Å². The molecule has 0 saturated heterocycles. The lowest BCUT2D eigenvalue weighted by Crippen LogP contribution is -2.11. The normalized spacial score (nSPS) is 11.6. The summed E-state index contributed by atoms with van der Waals surface area (Å²) >= 11 is 7.44. The van der Waals surface area contributed by atoms with E-state index in [1.54, 1.807) is 23.5 Å². The first-order valence-electron chi connectivity index (χ1n) is 6.74. The molecule has 7 heteroatoms. The van der Waals surface area contributed by atoms with Gasteiger partial charge >= 0.3 is 0 Å². The molecule has 1 heterocycles. The average Bonchev–Trinajstić information content (AvgIpc) is 2.97. The van der Waals surface area contributed by atoms with Gasteiger partial charge in [0, 0.05) is 22.4 Å². The van der Waals surface area contributed by atoms with Gasteiger partial charge in [-0.15, -0.1) is 11.3 Å². The highest BCUT2D eigenvalue weighted by atomic mass is 35.5. The number of halogens is 1. The van der Waals surface area contributed by atoms with E-state index in [0.29, 0.717) is 5.02 Å². The predicted octanol–water partition coefficient (Wildman–Crippen LogP) is 3.70. The standard InChI is InChI=1S/C16H13ClN2O2S2/c17-13-5-1-11(2-6-13)9-16-19-15(10-22-16)12-3-7-14(8-4-12)23(18,20)21/h1-8,10H,9H2,(H2,18,20,21). The molecule has 0 amide bonds. The van der Waals surface area contributed by atoms with Gasteiger partial charge in [-0.3, -0.25) is 0 Å². The Morgan fingerprint density at radius 3 is 2.30 bits per heavy atom. The SMILES string of the molecule is NS(=O)(=O)c1ccc(-c2csc(Cc3ccc(Cl)cc3)n2)cc1. The van der Waals surface area contributed by atoms with Crippen LogP contribution in [0.25, 0.3) is 11.3 Å². The number of rotatable bonds is 4. The van der Waals surface area contributed by atoms with Crippen LogP contribution in [-0.2, 0) is 16.4 Å². The van der Waals surface area contributed by atoms with Crippen LogP contribution in [-0.4, -0.2) is 13.4 Å². The van der Waals surface area contributed by atoms with Crippen molar-refractivity contribution in [3.05, 3.63) is 69.5 Å². The lowest BCUT2D eigenvalue weighted by atomic mass is 10.1. The second-order valence-corrected chi connectivity index (χ2v) is 7.94. The van der Waals surface area contributed by atoms with Crippen molar-refractivity contribution in [3.8, 4) is 11.3 Å². The molecule has 0 aliphatic heterocycles. The zero-order chi connectivity index (χ0) is 16.4. The first kappa shape index (κ1) is 16.1. The third-order valence-electron chi connectivity index (χ3n) is 3.30. The molecule has 3 aromatic rings.